The van der Waals surface area contributed by atoms with E-state index in [1.54, 1.807) is 14.2 Å². The van der Waals surface area contributed by atoms with E-state index in [0.29, 0.717) is 23.7 Å². The minimum Gasteiger partial charge on any atom is -0.497 e. The van der Waals surface area contributed by atoms with E-state index in [0.717, 1.165) is 16.3 Å². The van der Waals surface area contributed by atoms with Gasteiger partial charge in [-0.15, -0.1) is 0 Å². The van der Waals surface area contributed by atoms with Crippen molar-refractivity contribution in [2.75, 3.05) is 14.2 Å². The first kappa shape index (κ1) is 20.5. The predicted octanol–water partition coefficient (Wildman–Crippen LogP) is 4.89. The number of hydrogen-bond donors (Lipinski definition) is 1. The Morgan fingerprint density at radius 1 is 0.966 bits per heavy atom. The molecule has 0 saturated heterocycles. The highest BCUT2D eigenvalue weighted by Crippen LogP contribution is 2.30. The lowest BCUT2D eigenvalue weighted by atomic mass is 10.1. The summed E-state index contributed by atoms with van der Waals surface area (Å²) in [6.45, 7) is 3.85. The Balaban J connectivity index is 1.78. The van der Waals surface area contributed by atoms with Crippen molar-refractivity contribution < 1.29 is 19.0 Å². The summed E-state index contributed by atoms with van der Waals surface area (Å²) in [6.07, 6.45) is -0.0448. The Morgan fingerprint density at radius 2 is 1.72 bits per heavy atom. The van der Waals surface area contributed by atoms with Crippen LogP contribution in [-0.2, 0) is 4.79 Å². The van der Waals surface area contributed by atoms with Crippen LogP contribution in [0, 0.1) is 0 Å². The van der Waals surface area contributed by atoms with E-state index in [9.17, 15) is 4.79 Å². The molecule has 5 heteroatoms. The van der Waals surface area contributed by atoms with E-state index >= 15 is 0 Å². The van der Waals surface area contributed by atoms with Crippen LogP contribution in [0.5, 0.6) is 17.2 Å². The highest BCUT2D eigenvalue weighted by molar-refractivity contribution is 5.89. The molecule has 0 fully saturated rings. The van der Waals surface area contributed by atoms with E-state index in [1.165, 1.54) is 0 Å². The fourth-order valence-electron chi connectivity index (χ4n) is 3.34. The third kappa shape index (κ3) is 4.62. The van der Waals surface area contributed by atoms with E-state index in [2.05, 4.69) is 5.32 Å². The topological polar surface area (TPSA) is 56.8 Å². The van der Waals surface area contributed by atoms with Gasteiger partial charge in [0.25, 0.3) is 5.91 Å². The van der Waals surface area contributed by atoms with Crippen molar-refractivity contribution in [1.82, 2.24) is 5.32 Å². The fraction of sp³-hybridized carbons (Fsp3) is 0.292. The molecular formula is C24H27NO4. The van der Waals surface area contributed by atoms with Crippen LogP contribution in [0.15, 0.2) is 60.7 Å². The second kappa shape index (κ2) is 9.32. The summed E-state index contributed by atoms with van der Waals surface area (Å²) in [4.78, 5) is 12.9. The van der Waals surface area contributed by atoms with Crippen LogP contribution < -0.4 is 19.5 Å². The molecule has 2 atom stereocenters. The molecule has 1 amide bonds. The number of rotatable bonds is 8. The number of hydrogen-bond acceptors (Lipinski definition) is 4. The number of carbonyl (C=O) groups excluding carboxylic acids is 1. The minimum atomic E-state index is -0.597. The van der Waals surface area contributed by atoms with Crippen molar-refractivity contribution in [3.05, 3.63) is 66.2 Å². The molecule has 0 aliphatic rings. The average molecular weight is 393 g/mol. The molecule has 0 aromatic heterocycles. The molecule has 1 N–H and O–H groups in total. The third-order valence-electron chi connectivity index (χ3n) is 4.94. The van der Waals surface area contributed by atoms with Gasteiger partial charge in [-0.2, -0.15) is 0 Å². The molecule has 3 rings (SSSR count). The lowest BCUT2D eigenvalue weighted by molar-refractivity contribution is -0.128. The third-order valence-corrected chi connectivity index (χ3v) is 4.94. The van der Waals surface area contributed by atoms with Gasteiger partial charge >= 0.3 is 0 Å². The van der Waals surface area contributed by atoms with Gasteiger partial charge in [-0.3, -0.25) is 4.79 Å². The van der Waals surface area contributed by atoms with Crippen molar-refractivity contribution in [2.24, 2.45) is 0 Å². The van der Waals surface area contributed by atoms with Crippen LogP contribution in [0.25, 0.3) is 10.8 Å². The Morgan fingerprint density at radius 3 is 2.45 bits per heavy atom. The van der Waals surface area contributed by atoms with Crippen LogP contribution in [0.3, 0.4) is 0 Å². The maximum Gasteiger partial charge on any atom is 0.261 e. The minimum absolute atomic E-state index is 0.169. The van der Waals surface area contributed by atoms with Gasteiger partial charge in [0.1, 0.15) is 17.2 Å². The Bertz CT molecular complexity index is 980. The number of amides is 1. The van der Waals surface area contributed by atoms with E-state index in [1.807, 2.05) is 74.5 Å². The van der Waals surface area contributed by atoms with Gasteiger partial charge in [0.15, 0.2) is 6.10 Å². The fourth-order valence-corrected chi connectivity index (χ4v) is 3.34. The number of benzene rings is 3. The zero-order valence-electron chi connectivity index (χ0n) is 17.3. The number of fused-ring (bicyclic) bond motifs is 1. The van der Waals surface area contributed by atoms with Crippen LogP contribution >= 0.6 is 0 Å². The quantitative estimate of drug-likeness (QED) is 0.592. The van der Waals surface area contributed by atoms with Crippen LogP contribution in [0.4, 0.5) is 0 Å². The molecule has 0 aliphatic carbocycles. The molecule has 152 valence electrons. The molecule has 29 heavy (non-hydrogen) atoms. The van der Waals surface area contributed by atoms with E-state index < -0.39 is 6.10 Å². The van der Waals surface area contributed by atoms with Crippen molar-refractivity contribution in [2.45, 2.75) is 32.4 Å². The van der Waals surface area contributed by atoms with E-state index in [4.69, 9.17) is 14.2 Å². The Labute approximate surface area is 171 Å². The Hall–Kier alpha value is -3.21. The summed E-state index contributed by atoms with van der Waals surface area (Å²) in [6, 6.07) is 19.1. The normalized spacial score (nSPS) is 12.8. The number of carbonyl (C=O) groups is 1. The van der Waals surface area contributed by atoms with Gasteiger partial charge in [-0.05, 0) is 43.0 Å². The second-order valence-corrected chi connectivity index (χ2v) is 6.83. The van der Waals surface area contributed by atoms with Crippen LogP contribution in [-0.4, -0.2) is 26.2 Å². The molecular weight excluding hydrogens is 366 g/mol. The maximum atomic E-state index is 12.9. The lowest BCUT2D eigenvalue weighted by Gasteiger charge is -2.22. The molecule has 0 saturated carbocycles. The highest BCUT2D eigenvalue weighted by Gasteiger charge is 2.23. The zero-order chi connectivity index (χ0) is 20.8. The summed E-state index contributed by atoms with van der Waals surface area (Å²) in [5.74, 6) is 1.94. The summed E-state index contributed by atoms with van der Waals surface area (Å²) < 4.78 is 16.9. The first-order valence-corrected chi connectivity index (χ1v) is 9.74. The first-order chi connectivity index (χ1) is 14.1. The monoisotopic (exact) mass is 393 g/mol. The molecule has 3 aromatic rings. The molecule has 0 heterocycles. The van der Waals surface area contributed by atoms with Gasteiger partial charge < -0.3 is 19.5 Å². The molecule has 0 unspecified atom stereocenters. The molecule has 0 bridgehead atoms. The van der Waals surface area contributed by atoms with Crippen molar-refractivity contribution in [1.29, 1.82) is 0 Å². The van der Waals surface area contributed by atoms with Gasteiger partial charge in [-0.1, -0.05) is 43.3 Å². The SMILES string of the molecule is CC[C@H](Oc1cccc2ccccc12)C(=O)N[C@@H](C)c1cc(OC)ccc1OC. The van der Waals surface area contributed by atoms with Gasteiger partial charge in [0.2, 0.25) is 0 Å². The molecule has 3 aromatic carbocycles. The number of nitrogens with one attached hydrogen (secondary N) is 1. The van der Waals surface area contributed by atoms with Gasteiger partial charge in [0, 0.05) is 10.9 Å². The van der Waals surface area contributed by atoms with Crippen molar-refractivity contribution in [3.8, 4) is 17.2 Å². The molecule has 0 radical (unpaired) electrons. The molecule has 0 aliphatic heterocycles. The summed E-state index contributed by atoms with van der Waals surface area (Å²) in [5, 5.41) is 5.11. The largest absolute Gasteiger partial charge is 0.497 e. The van der Waals surface area contributed by atoms with Gasteiger partial charge in [-0.25, -0.2) is 0 Å². The standard InChI is InChI=1S/C24H27NO4/c1-5-21(29-23-12-8-10-17-9-6-7-11-19(17)23)24(26)25-16(2)20-15-18(27-3)13-14-22(20)28-4/h6-16,21H,5H2,1-4H3,(H,25,26)/t16-,21-/m0/s1. The highest BCUT2D eigenvalue weighted by atomic mass is 16.5. The molecule has 5 nitrogen and oxygen atoms in total. The first-order valence-electron chi connectivity index (χ1n) is 9.74. The second-order valence-electron chi connectivity index (χ2n) is 6.83. The van der Waals surface area contributed by atoms with E-state index in [-0.39, 0.29) is 11.9 Å². The summed E-state index contributed by atoms with van der Waals surface area (Å²) >= 11 is 0. The van der Waals surface area contributed by atoms with Crippen LogP contribution in [0.1, 0.15) is 31.9 Å². The number of ether oxygens (including phenoxy) is 3. The smallest absolute Gasteiger partial charge is 0.261 e. The summed E-state index contributed by atoms with van der Waals surface area (Å²) in [5.41, 5.74) is 0.847. The predicted molar refractivity (Wildman–Crippen MR) is 115 cm³/mol. The molecule has 0 spiro atoms. The Kier molecular flexibility index (Phi) is 6.60. The van der Waals surface area contributed by atoms with Crippen LogP contribution in [0.2, 0.25) is 0 Å². The zero-order valence-corrected chi connectivity index (χ0v) is 17.3. The summed E-state index contributed by atoms with van der Waals surface area (Å²) in [7, 11) is 3.22. The number of methoxy groups -OCH3 is 2. The van der Waals surface area contributed by atoms with Crippen molar-refractivity contribution >= 4 is 16.7 Å². The average Bonchev–Trinajstić information content (AvgIpc) is 2.76. The maximum absolute atomic E-state index is 12.9. The van der Waals surface area contributed by atoms with Crippen molar-refractivity contribution in [3.63, 3.8) is 0 Å². The lowest BCUT2D eigenvalue weighted by Crippen LogP contribution is -2.39. The van der Waals surface area contributed by atoms with Gasteiger partial charge in [0.05, 0.1) is 20.3 Å².